The van der Waals surface area contributed by atoms with Crippen molar-refractivity contribution >= 4 is 16.7 Å². The first-order valence-corrected chi connectivity index (χ1v) is 8.27. The first kappa shape index (κ1) is 17.5. The summed E-state index contributed by atoms with van der Waals surface area (Å²) in [6.45, 7) is 5.85. The molecule has 0 aromatic heterocycles. The number of carbonyl (C=O) groups is 1. The van der Waals surface area contributed by atoms with Gasteiger partial charge in [-0.15, -0.1) is 0 Å². The molecule has 3 heteroatoms. The van der Waals surface area contributed by atoms with Crippen LogP contribution in [0.1, 0.15) is 45.6 Å². The average molecular weight is 314 g/mol. The van der Waals surface area contributed by atoms with Crippen LogP contribution in [-0.2, 0) is 19.9 Å². The number of carbonyl (C=O) groups excluding carboxylic acids is 1. The SMILES string of the molecule is CCCCC(C)OC(=O)[C@@](C)(OC)c1cccc2ccccc12. The van der Waals surface area contributed by atoms with E-state index in [4.69, 9.17) is 9.47 Å². The van der Waals surface area contributed by atoms with Gasteiger partial charge in [0, 0.05) is 12.7 Å². The van der Waals surface area contributed by atoms with E-state index >= 15 is 0 Å². The second-order valence-corrected chi connectivity index (χ2v) is 6.12. The van der Waals surface area contributed by atoms with E-state index in [1.807, 2.05) is 49.4 Å². The summed E-state index contributed by atoms with van der Waals surface area (Å²) in [5, 5.41) is 2.10. The van der Waals surface area contributed by atoms with Gasteiger partial charge in [-0.2, -0.15) is 0 Å². The maximum absolute atomic E-state index is 12.8. The predicted octanol–water partition coefficient (Wildman–Crippen LogP) is 4.82. The molecule has 1 unspecified atom stereocenters. The number of unbranched alkanes of at least 4 members (excludes halogenated alkanes) is 1. The van der Waals surface area contributed by atoms with Gasteiger partial charge in [0.2, 0.25) is 0 Å². The van der Waals surface area contributed by atoms with Gasteiger partial charge in [0.05, 0.1) is 6.10 Å². The van der Waals surface area contributed by atoms with Gasteiger partial charge in [-0.05, 0) is 31.0 Å². The molecule has 0 aliphatic rings. The molecule has 0 radical (unpaired) electrons. The van der Waals surface area contributed by atoms with Crippen LogP contribution in [0, 0.1) is 0 Å². The van der Waals surface area contributed by atoms with Crippen molar-refractivity contribution in [3.8, 4) is 0 Å². The van der Waals surface area contributed by atoms with E-state index in [9.17, 15) is 4.79 Å². The lowest BCUT2D eigenvalue weighted by molar-refractivity contribution is -0.173. The summed E-state index contributed by atoms with van der Waals surface area (Å²) in [7, 11) is 1.56. The number of methoxy groups -OCH3 is 1. The molecule has 0 bridgehead atoms. The Bertz CT molecular complexity index is 659. The summed E-state index contributed by atoms with van der Waals surface area (Å²) >= 11 is 0. The molecule has 2 atom stereocenters. The molecule has 3 nitrogen and oxygen atoms in total. The summed E-state index contributed by atoms with van der Waals surface area (Å²) in [6, 6.07) is 13.9. The van der Waals surface area contributed by atoms with E-state index in [2.05, 4.69) is 6.92 Å². The Labute approximate surface area is 138 Å². The highest BCUT2D eigenvalue weighted by atomic mass is 16.6. The Morgan fingerprint density at radius 1 is 1.17 bits per heavy atom. The molecule has 0 aliphatic heterocycles. The van der Waals surface area contributed by atoms with Crippen LogP contribution in [0.3, 0.4) is 0 Å². The first-order chi connectivity index (χ1) is 11.0. The highest BCUT2D eigenvalue weighted by Gasteiger charge is 2.39. The molecule has 2 aromatic carbocycles. The number of esters is 1. The zero-order valence-corrected chi connectivity index (χ0v) is 14.5. The maximum atomic E-state index is 12.8. The molecule has 0 spiro atoms. The lowest BCUT2D eigenvalue weighted by Gasteiger charge is -2.29. The largest absolute Gasteiger partial charge is 0.460 e. The molecule has 0 amide bonds. The third-order valence-electron chi connectivity index (χ3n) is 4.37. The van der Waals surface area contributed by atoms with Gasteiger partial charge in [0.1, 0.15) is 0 Å². The van der Waals surface area contributed by atoms with Crippen LogP contribution < -0.4 is 0 Å². The lowest BCUT2D eigenvalue weighted by Crippen LogP contribution is -2.38. The van der Waals surface area contributed by atoms with Crippen LogP contribution in [0.4, 0.5) is 0 Å². The molecule has 124 valence electrons. The zero-order valence-electron chi connectivity index (χ0n) is 14.5. The smallest absolute Gasteiger partial charge is 0.343 e. The van der Waals surface area contributed by atoms with Crippen LogP contribution in [0.2, 0.25) is 0 Å². The Hall–Kier alpha value is -1.87. The fraction of sp³-hybridized carbons (Fsp3) is 0.450. The Kier molecular flexibility index (Phi) is 5.78. The van der Waals surface area contributed by atoms with Crippen molar-refractivity contribution in [2.24, 2.45) is 0 Å². The highest BCUT2D eigenvalue weighted by molar-refractivity contribution is 5.92. The van der Waals surface area contributed by atoms with Gasteiger partial charge in [0.15, 0.2) is 5.60 Å². The Morgan fingerprint density at radius 2 is 1.87 bits per heavy atom. The molecule has 0 N–H and O–H groups in total. The van der Waals surface area contributed by atoms with Crippen LogP contribution in [0.5, 0.6) is 0 Å². The second-order valence-electron chi connectivity index (χ2n) is 6.12. The third-order valence-corrected chi connectivity index (χ3v) is 4.37. The molecule has 2 aromatic rings. The zero-order chi connectivity index (χ0) is 16.9. The van der Waals surface area contributed by atoms with Crippen LogP contribution in [0.15, 0.2) is 42.5 Å². The van der Waals surface area contributed by atoms with Crippen molar-refractivity contribution in [1.82, 2.24) is 0 Å². The number of hydrogen-bond donors (Lipinski definition) is 0. The van der Waals surface area contributed by atoms with Crippen molar-refractivity contribution in [2.75, 3.05) is 7.11 Å². The monoisotopic (exact) mass is 314 g/mol. The van der Waals surface area contributed by atoms with Gasteiger partial charge in [-0.1, -0.05) is 62.2 Å². The molecular weight excluding hydrogens is 288 g/mol. The molecule has 0 aliphatic carbocycles. The standard InChI is InChI=1S/C20H26O3/c1-5-6-10-15(2)23-19(21)20(3,22-4)18-14-9-12-16-11-7-8-13-17(16)18/h7-9,11-15H,5-6,10H2,1-4H3/t15?,20-/m0/s1. The summed E-state index contributed by atoms with van der Waals surface area (Å²) in [4.78, 5) is 12.8. The molecule has 2 rings (SSSR count). The number of rotatable bonds is 7. The quantitative estimate of drug-likeness (QED) is 0.687. The lowest BCUT2D eigenvalue weighted by atomic mass is 9.90. The number of ether oxygens (including phenoxy) is 2. The predicted molar refractivity (Wildman–Crippen MR) is 93.4 cm³/mol. The molecule has 0 heterocycles. The van der Waals surface area contributed by atoms with Crippen LogP contribution in [-0.4, -0.2) is 19.2 Å². The minimum Gasteiger partial charge on any atom is -0.460 e. The van der Waals surface area contributed by atoms with Gasteiger partial charge in [0.25, 0.3) is 0 Å². The van der Waals surface area contributed by atoms with Gasteiger partial charge >= 0.3 is 5.97 Å². The molecular formula is C20H26O3. The normalized spacial score (nSPS) is 15.1. The van der Waals surface area contributed by atoms with Gasteiger partial charge in [-0.25, -0.2) is 4.79 Å². The van der Waals surface area contributed by atoms with Crippen molar-refractivity contribution < 1.29 is 14.3 Å². The third kappa shape index (κ3) is 3.73. The van der Waals surface area contributed by atoms with Crippen molar-refractivity contribution in [3.05, 3.63) is 48.0 Å². The van der Waals surface area contributed by atoms with Crippen molar-refractivity contribution in [1.29, 1.82) is 0 Å². The van der Waals surface area contributed by atoms with Crippen molar-refractivity contribution in [3.63, 3.8) is 0 Å². The summed E-state index contributed by atoms with van der Waals surface area (Å²) in [6.07, 6.45) is 2.91. The average Bonchev–Trinajstić information content (AvgIpc) is 2.58. The Morgan fingerprint density at radius 3 is 2.57 bits per heavy atom. The highest BCUT2D eigenvalue weighted by Crippen LogP contribution is 2.33. The minimum atomic E-state index is -1.11. The van der Waals surface area contributed by atoms with Gasteiger partial charge in [-0.3, -0.25) is 0 Å². The number of hydrogen-bond acceptors (Lipinski definition) is 3. The first-order valence-electron chi connectivity index (χ1n) is 8.27. The van der Waals surface area contributed by atoms with Gasteiger partial charge < -0.3 is 9.47 Å². The van der Waals surface area contributed by atoms with E-state index in [1.165, 1.54) is 0 Å². The fourth-order valence-electron chi connectivity index (χ4n) is 2.79. The van der Waals surface area contributed by atoms with Crippen molar-refractivity contribution in [2.45, 2.75) is 51.7 Å². The molecule has 0 saturated heterocycles. The molecule has 0 saturated carbocycles. The summed E-state index contributed by atoms with van der Waals surface area (Å²) in [5.41, 5.74) is -0.271. The summed E-state index contributed by atoms with van der Waals surface area (Å²) in [5.74, 6) is -0.333. The van der Waals surface area contributed by atoms with E-state index in [0.29, 0.717) is 0 Å². The maximum Gasteiger partial charge on any atom is 0.343 e. The van der Waals surface area contributed by atoms with Crippen LogP contribution in [0.25, 0.3) is 10.8 Å². The second kappa shape index (κ2) is 7.60. The fourth-order valence-corrected chi connectivity index (χ4v) is 2.79. The molecule has 23 heavy (non-hydrogen) atoms. The number of fused-ring (bicyclic) bond motifs is 1. The topological polar surface area (TPSA) is 35.5 Å². The van der Waals surface area contributed by atoms with E-state index < -0.39 is 5.60 Å². The van der Waals surface area contributed by atoms with E-state index in [1.54, 1.807) is 14.0 Å². The Balaban J connectivity index is 2.33. The van der Waals surface area contributed by atoms with Crippen LogP contribution >= 0.6 is 0 Å². The minimum absolute atomic E-state index is 0.105. The molecule has 0 fully saturated rings. The number of benzene rings is 2. The van der Waals surface area contributed by atoms with E-state index in [-0.39, 0.29) is 12.1 Å². The van der Waals surface area contributed by atoms with E-state index in [0.717, 1.165) is 35.6 Å². The summed E-state index contributed by atoms with van der Waals surface area (Å²) < 4.78 is 11.3.